The summed E-state index contributed by atoms with van der Waals surface area (Å²) >= 11 is 0. The molecule has 5 heteroatoms. The number of benzene rings is 1. The van der Waals surface area contributed by atoms with Gasteiger partial charge < -0.3 is 5.11 Å². The van der Waals surface area contributed by atoms with Crippen LogP contribution in [0.3, 0.4) is 0 Å². The number of aliphatic hydroxyl groups excluding tert-OH is 1. The fourth-order valence-electron chi connectivity index (χ4n) is 0.907. The molecule has 0 bridgehead atoms. The minimum atomic E-state index is -1.19. The first-order valence-corrected chi connectivity index (χ1v) is 3.63. The van der Waals surface area contributed by atoms with Crippen molar-refractivity contribution in [2.75, 3.05) is 6.67 Å². The van der Waals surface area contributed by atoms with E-state index in [1.807, 2.05) is 0 Å². The number of hydrogen-bond donors (Lipinski definition) is 1. The molecule has 70 valence electrons. The van der Waals surface area contributed by atoms with Crippen molar-refractivity contribution < 1.29 is 14.4 Å². The zero-order valence-electron chi connectivity index (χ0n) is 6.68. The highest BCUT2D eigenvalue weighted by molar-refractivity contribution is 5.33. The second-order valence-corrected chi connectivity index (χ2v) is 2.52. The molecule has 1 aromatic carbocycles. The predicted octanol–water partition coefficient (Wildman–Crippen LogP) is 1.60. The second kappa shape index (κ2) is 3.95. The van der Waals surface area contributed by atoms with Gasteiger partial charge in [-0.3, -0.25) is 10.1 Å². The molecule has 0 heterocycles. The summed E-state index contributed by atoms with van der Waals surface area (Å²) in [5, 5.41) is 19.2. The normalized spacial score (nSPS) is 12.5. The number of halogens is 1. The van der Waals surface area contributed by atoms with Crippen molar-refractivity contribution in [3.63, 3.8) is 0 Å². The van der Waals surface area contributed by atoms with Crippen LogP contribution >= 0.6 is 0 Å². The molecule has 0 amide bonds. The van der Waals surface area contributed by atoms with Crippen LogP contribution in [0.4, 0.5) is 10.1 Å². The van der Waals surface area contributed by atoms with Gasteiger partial charge in [0.15, 0.2) is 0 Å². The Labute approximate surface area is 73.8 Å². The van der Waals surface area contributed by atoms with E-state index >= 15 is 0 Å². The summed E-state index contributed by atoms with van der Waals surface area (Å²) in [6.07, 6.45) is -1.19. The maximum Gasteiger partial charge on any atom is 0.269 e. The lowest BCUT2D eigenvalue weighted by Crippen LogP contribution is -1.99. The molecule has 4 nitrogen and oxygen atoms in total. The van der Waals surface area contributed by atoms with Crippen LogP contribution in [0.2, 0.25) is 0 Å². The Hall–Kier alpha value is -1.49. The SMILES string of the molecule is O=[N+]([O-])c1ccc([C@@H](O)CF)cc1. The Balaban J connectivity index is 2.87. The van der Waals surface area contributed by atoms with Gasteiger partial charge in [-0.25, -0.2) is 4.39 Å². The van der Waals surface area contributed by atoms with Gasteiger partial charge in [0.1, 0.15) is 12.8 Å². The molecule has 1 atom stereocenters. The van der Waals surface area contributed by atoms with Gasteiger partial charge in [-0.15, -0.1) is 0 Å². The average Bonchev–Trinajstić information content (AvgIpc) is 2.17. The standard InChI is InChI=1S/C8H8FNO3/c9-5-8(11)6-1-3-7(4-2-6)10(12)13/h1-4,8,11H,5H2/t8-/m0/s1. The van der Waals surface area contributed by atoms with Crippen LogP contribution in [0.15, 0.2) is 24.3 Å². The topological polar surface area (TPSA) is 63.4 Å². The summed E-state index contributed by atoms with van der Waals surface area (Å²) in [5.74, 6) is 0. The molecule has 1 aromatic rings. The van der Waals surface area contributed by atoms with Gasteiger partial charge in [-0.2, -0.15) is 0 Å². The first-order chi connectivity index (χ1) is 6.15. The molecule has 0 aromatic heterocycles. The summed E-state index contributed by atoms with van der Waals surface area (Å²) in [6.45, 7) is -0.891. The Morgan fingerprint density at radius 1 is 1.46 bits per heavy atom. The molecule has 0 aliphatic carbocycles. The van der Waals surface area contributed by atoms with Gasteiger partial charge in [0, 0.05) is 12.1 Å². The fourth-order valence-corrected chi connectivity index (χ4v) is 0.907. The van der Waals surface area contributed by atoms with Gasteiger partial charge in [0.05, 0.1) is 4.92 Å². The highest BCUT2D eigenvalue weighted by Gasteiger charge is 2.09. The number of alkyl halides is 1. The van der Waals surface area contributed by atoms with Crippen molar-refractivity contribution in [2.24, 2.45) is 0 Å². The maximum absolute atomic E-state index is 11.9. The molecule has 0 unspecified atom stereocenters. The van der Waals surface area contributed by atoms with Crippen LogP contribution in [0.25, 0.3) is 0 Å². The zero-order valence-corrected chi connectivity index (χ0v) is 6.68. The third-order valence-corrected chi connectivity index (χ3v) is 1.63. The quantitative estimate of drug-likeness (QED) is 0.574. The van der Waals surface area contributed by atoms with Crippen molar-refractivity contribution >= 4 is 5.69 Å². The fraction of sp³-hybridized carbons (Fsp3) is 0.250. The van der Waals surface area contributed by atoms with E-state index in [0.717, 1.165) is 0 Å². The molecule has 0 radical (unpaired) electrons. The van der Waals surface area contributed by atoms with Crippen molar-refractivity contribution in [1.29, 1.82) is 0 Å². The Morgan fingerprint density at radius 2 is 2.00 bits per heavy atom. The predicted molar refractivity (Wildman–Crippen MR) is 44.0 cm³/mol. The second-order valence-electron chi connectivity index (χ2n) is 2.52. The highest BCUT2D eigenvalue weighted by atomic mass is 19.1. The molecule has 0 aliphatic heterocycles. The third-order valence-electron chi connectivity index (χ3n) is 1.63. The minimum absolute atomic E-state index is 0.0743. The highest BCUT2D eigenvalue weighted by Crippen LogP contribution is 2.17. The van der Waals surface area contributed by atoms with Crippen molar-refractivity contribution in [3.05, 3.63) is 39.9 Å². The number of rotatable bonds is 3. The van der Waals surface area contributed by atoms with E-state index in [9.17, 15) is 14.5 Å². The summed E-state index contributed by atoms with van der Waals surface area (Å²) in [7, 11) is 0. The van der Waals surface area contributed by atoms with E-state index in [1.165, 1.54) is 24.3 Å². The molecule has 0 saturated heterocycles. The smallest absolute Gasteiger partial charge is 0.269 e. The lowest BCUT2D eigenvalue weighted by molar-refractivity contribution is -0.384. The maximum atomic E-state index is 11.9. The molecular weight excluding hydrogens is 177 g/mol. The van der Waals surface area contributed by atoms with Crippen LogP contribution in [0.1, 0.15) is 11.7 Å². The number of aliphatic hydroxyl groups is 1. The molecule has 0 aliphatic rings. The Bertz CT molecular complexity index is 299. The van der Waals surface area contributed by atoms with E-state index in [0.29, 0.717) is 5.56 Å². The van der Waals surface area contributed by atoms with Crippen LogP contribution in [-0.2, 0) is 0 Å². The first-order valence-electron chi connectivity index (χ1n) is 3.63. The minimum Gasteiger partial charge on any atom is -0.386 e. The third kappa shape index (κ3) is 2.22. The van der Waals surface area contributed by atoms with Gasteiger partial charge in [0.25, 0.3) is 5.69 Å². The van der Waals surface area contributed by atoms with E-state index < -0.39 is 17.7 Å². The summed E-state index contributed by atoms with van der Waals surface area (Å²) in [4.78, 5) is 9.67. The molecule has 1 rings (SSSR count). The van der Waals surface area contributed by atoms with Crippen LogP contribution in [-0.4, -0.2) is 16.7 Å². The van der Waals surface area contributed by atoms with Crippen molar-refractivity contribution in [1.82, 2.24) is 0 Å². The summed E-state index contributed by atoms with van der Waals surface area (Å²) < 4.78 is 11.9. The molecular formula is C8H8FNO3. The summed E-state index contributed by atoms with van der Waals surface area (Å²) in [5.41, 5.74) is 0.267. The van der Waals surface area contributed by atoms with Crippen molar-refractivity contribution in [3.8, 4) is 0 Å². The largest absolute Gasteiger partial charge is 0.386 e. The molecule has 1 N–H and O–H groups in total. The molecule has 0 saturated carbocycles. The van der Waals surface area contributed by atoms with Crippen LogP contribution in [0, 0.1) is 10.1 Å². The molecule has 0 spiro atoms. The first kappa shape index (κ1) is 9.60. The Morgan fingerprint density at radius 3 is 2.38 bits per heavy atom. The molecule has 0 fully saturated rings. The number of nitro benzene ring substituents is 1. The van der Waals surface area contributed by atoms with Crippen molar-refractivity contribution in [2.45, 2.75) is 6.10 Å². The van der Waals surface area contributed by atoms with E-state index in [4.69, 9.17) is 5.11 Å². The summed E-state index contributed by atoms with van der Waals surface area (Å²) in [6, 6.07) is 5.13. The molecule has 13 heavy (non-hydrogen) atoms. The number of hydrogen-bond acceptors (Lipinski definition) is 3. The van der Waals surface area contributed by atoms with Crippen LogP contribution < -0.4 is 0 Å². The van der Waals surface area contributed by atoms with Gasteiger partial charge in [-0.1, -0.05) is 0 Å². The van der Waals surface area contributed by atoms with Gasteiger partial charge in [-0.05, 0) is 17.7 Å². The number of nitrogens with zero attached hydrogens (tertiary/aromatic N) is 1. The Kier molecular flexibility index (Phi) is 2.92. The van der Waals surface area contributed by atoms with Gasteiger partial charge >= 0.3 is 0 Å². The average molecular weight is 185 g/mol. The van der Waals surface area contributed by atoms with E-state index in [2.05, 4.69) is 0 Å². The lowest BCUT2D eigenvalue weighted by Gasteiger charge is -2.04. The lowest BCUT2D eigenvalue weighted by atomic mass is 10.1. The van der Waals surface area contributed by atoms with Gasteiger partial charge in [0.2, 0.25) is 0 Å². The number of non-ortho nitro benzene ring substituents is 1. The van der Waals surface area contributed by atoms with Crippen LogP contribution in [0.5, 0.6) is 0 Å². The monoisotopic (exact) mass is 185 g/mol. The van der Waals surface area contributed by atoms with E-state index in [-0.39, 0.29) is 5.69 Å². The zero-order chi connectivity index (χ0) is 9.84. The van der Waals surface area contributed by atoms with E-state index in [1.54, 1.807) is 0 Å². The number of nitro groups is 1.